The Morgan fingerprint density at radius 1 is 0.885 bits per heavy atom. The maximum Gasteiger partial charge on any atom is 0.255 e. The smallest absolute Gasteiger partial charge is 0.255 e. The number of nitrogens with one attached hydrogen (secondary N) is 1. The zero-order valence-electron chi connectivity index (χ0n) is 14.2. The fourth-order valence-electron chi connectivity index (χ4n) is 2.71. The lowest BCUT2D eigenvalue weighted by Gasteiger charge is -2.10. The second kappa shape index (κ2) is 8.12. The third-order valence-electron chi connectivity index (χ3n) is 4.17. The molecule has 0 bridgehead atoms. The normalized spacial score (nSPS) is 10.3. The number of hydrogen-bond donors (Lipinski definition) is 2. The zero-order valence-corrected chi connectivity index (χ0v) is 14.2. The molecule has 3 aromatic rings. The number of carbonyl (C=O) groups excluding carboxylic acids is 2. The van der Waals surface area contributed by atoms with Crippen LogP contribution in [0.2, 0.25) is 0 Å². The molecule has 2 N–H and O–H groups in total. The Hall–Kier alpha value is -3.40. The van der Waals surface area contributed by atoms with Crippen LogP contribution in [0.3, 0.4) is 0 Å². The van der Waals surface area contributed by atoms with Gasteiger partial charge < -0.3 is 10.4 Å². The summed E-state index contributed by atoms with van der Waals surface area (Å²) in [5, 5.41) is 12.1. The SMILES string of the molecule is O=Cc1ccc(CCc2ccccc2)cc1NC(=O)c1ccc(O)cc1. The number of phenolic OH excluding ortho intramolecular Hbond substituents is 1. The van der Waals surface area contributed by atoms with Gasteiger partial charge in [-0.15, -0.1) is 0 Å². The van der Waals surface area contributed by atoms with Gasteiger partial charge in [0.25, 0.3) is 5.91 Å². The van der Waals surface area contributed by atoms with Crippen molar-refractivity contribution in [3.8, 4) is 5.75 Å². The molecule has 0 spiro atoms. The van der Waals surface area contributed by atoms with Crippen LogP contribution in [0.1, 0.15) is 31.8 Å². The number of phenols is 1. The van der Waals surface area contributed by atoms with E-state index in [1.165, 1.54) is 29.8 Å². The Balaban J connectivity index is 1.75. The highest BCUT2D eigenvalue weighted by atomic mass is 16.3. The Bertz CT molecular complexity index is 902. The summed E-state index contributed by atoms with van der Waals surface area (Å²) in [6, 6.07) is 21.6. The minimum Gasteiger partial charge on any atom is -0.508 e. The number of anilines is 1. The Kier molecular flexibility index (Phi) is 5.44. The third kappa shape index (κ3) is 4.36. The van der Waals surface area contributed by atoms with Gasteiger partial charge in [0.15, 0.2) is 6.29 Å². The van der Waals surface area contributed by atoms with Gasteiger partial charge in [-0.2, -0.15) is 0 Å². The number of aromatic hydroxyl groups is 1. The summed E-state index contributed by atoms with van der Waals surface area (Å²) < 4.78 is 0. The number of carbonyl (C=O) groups is 2. The van der Waals surface area contributed by atoms with E-state index in [0.717, 1.165) is 24.7 Å². The summed E-state index contributed by atoms with van der Waals surface area (Å²) in [6.45, 7) is 0. The molecule has 0 aliphatic carbocycles. The van der Waals surface area contributed by atoms with Gasteiger partial charge in [-0.25, -0.2) is 0 Å². The molecule has 0 saturated heterocycles. The first-order valence-electron chi connectivity index (χ1n) is 8.38. The van der Waals surface area contributed by atoms with E-state index in [-0.39, 0.29) is 11.7 Å². The first-order chi connectivity index (χ1) is 12.7. The topological polar surface area (TPSA) is 66.4 Å². The molecule has 3 rings (SSSR count). The molecule has 0 aliphatic rings. The van der Waals surface area contributed by atoms with Crippen molar-refractivity contribution in [1.82, 2.24) is 0 Å². The average Bonchev–Trinajstić information content (AvgIpc) is 2.68. The van der Waals surface area contributed by atoms with Crippen molar-refractivity contribution >= 4 is 17.9 Å². The molecule has 130 valence electrons. The van der Waals surface area contributed by atoms with Gasteiger partial charge in [0.2, 0.25) is 0 Å². The quantitative estimate of drug-likeness (QED) is 0.657. The molecule has 26 heavy (non-hydrogen) atoms. The van der Waals surface area contributed by atoms with Crippen molar-refractivity contribution in [2.45, 2.75) is 12.8 Å². The molecular weight excluding hydrogens is 326 g/mol. The van der Waals surface area contributed by atoms with E-state index in [0.29, 0.717) is 16.8 Å². The minimum atomic E-state index is -0.326. The van der Waals surface area contributed by atoms with E-state index in [2.05, 4.69) is 17.4 Å². The van der Waals surface area contributed by atoms with Crippen molar-refractivity contribution in [3.05, 3.63) is 95.1 Å². The molecule has 0 aromatic heterocycles. The Morgan fingerprint density at radius 2 is 1.58 bits per heavy atom. The van der Waals surface area contributed by atoms with Crippen LogP contribution in [-0.4, -0.2) is 17.3 Å². The Morgan fingerprint density at radius 3 is 2.27 bits per heavy atom. The van der Waals surface area contributed by atoms with Crippen LogP contribution in [0.25, 0.3) is 0 Å². The summed E-state index contributed by atoms with van der Waals surface area (Å²) in [5.41, 5.74) is 3.61. The second-order valence-corrected chi connectivity index (χ2v) is 6.03. The van der Waals surface area contributed by atoms with E-state index in [4.69, 9.17) is 0 Å². The van der Waals surface area contributed by atoms with Gasteiger partial charge in [-0.05, 0) is 60.4 Å². The lowest BCUT2D eigenvalue weighted by Crippen LogP contribution is -2.13. The summed E-state index contributed by atoms with van der Waals surface area (Å²) >= 11 is 0. The van der Waals surface area contributed by atoms with Crippen molar-refractivity contribution in [1.29, 1.82) is 0 Å². The predicted molar refractivity (Wildman–Crippen MR) is 102 cm³/mol. The van der Waals surface area contributed by atoms with Crippen molar-refractivity contribution < 1.29 is 14.7 Å². The summed E-state index contributed by atoms with van der Waals surface area (Å²) in [4.78, 5) is 23.7. The zero-order chi connectivity index (χ0) is 18.4. The summed E-state index contributed by atoms with van der Waals surface area (Å²) in [6.07, 6.45) is 2.42. The number of benzene rings is 3. The van der Waals surface area contributed by atoms with Crippen molar-refractivity contribution in [2.24, 2.45) is 0 Å². The molecule has 0 fully saturated rings. The van der Waals surface area contributed by atoms with Gasteiger partial charge in [0.1, 0.15) is 5.75 Å². The lowest BCUT2D eigenvalue weighted by molar-refractivity contribution is 0.102. The van der Waals surface area contributed by atoms with E-state index < -0.39 is 0 Å². The monoisotopic (exact) mass is 345 g/mol. The number of hydrogen-bond acceptors (Lipinski definition) is 3. The van der Waals surface area contributed by atoms with E-state index in [1.54, 1.807) is 6.07 Å². The van der Waals surface area contributed by atoms with Gasteiger partial charge in [0, 0.05) is 11.1 Å². The van der Waals surface area contributed by atoms with Crippen LogP contribution in [-0.2, 0) is 12.8 Å². The molecule has 1 amide bonds. The van der Waals surface area contributed by atoms with Crippen LogP contribution in [0.15, 0.2) is 72.8 Å². The highest BCUT2D eigenvalue weighted by Crippen LogP contribution is 2.19. The van der Waals surface area contributed by atoms with E-state index in [1.807, 2.05) is 30.3 Å². The predicted octanol–water partition coefficient (Wildman–Crippen LogP) is 4.24. The van der Waals surface area contributed by atoms with Crippen LogP contribution >= 0.6 is 0 Å². The van der Waals surface area contributed by atoms with Gasteiger partial charge in [-0.3, -0.25) is 9.59 Å². The molecule has 0 saturated carbocycles. The van der Waals surface area contributed by atoms with Crippen molar-refractivity contribution in [2.75, 3.05) is 5.32 Å². The maximum atomic E-state index is 12.4. The minimum absolute atomic E-state index is 0.0954. The standard InChI is InChI=1S/C22H19NO3/c24-15-19-9-8-17(7-6-16-4-2-1-3-5-16)14-21(19)23-22(26)18-10-12-20(25)13-11-18/h1-5,8-15,25H,6-7H2,(H,23,26). The van der Waals surface area contributed by atoms with Crippen molar-refractivity contribution in [3.63, 3.8) is 0 Å². The molecule has 0 aliphatic heterocycles. The highest BCUT2D eigenvalue weighted by molar-refractivity contribution is 6.06. The average molecular weight is 345 g/mol. The molecule has 4 heteroatoms. The molecule has 0 unspecified atom stereocenters. The molecule has 0 atom stereocenters. The number of amides is 1. The first-order valence-corrected chi connectivity index (χ1v) is 8.38. The second-order valence-electron chi connectivity index (χ2n) is 6.03. The van der Waals surface area contributed by atoms with E-state index >= 15 is 0 Å². The first kappa shape index (κ1) is 17.4. The van der Waals surface area contributed by atoms with Gasteiger partial charge in [-0.1, -0.05) is 36.4 Å². The molecule has 4 nitrogen and oxygen atoms in total. The third-order valence-corrected chi connectivity index (χ3v) is 4.17. The van der Waals surface area contributed by atoms with E-state index in [9.17, 15) is 14.7 Å². The lowest BCUT2D eigenvalue weighted by atomic mass is 10.0. The number of aldehydes is 1. The highest BCUT2D eigenvalue weighted by Gasteiger charge is 2.10. The molecule has 0 radical (unpaired) electrons. The summed E-state index contributed by atoms with van der Waals surface area (Å²) in [5.74, 6) is -0.230. The Labute approximate surface area is 152 Å². The molecule has 3 aromatic carbocycles. The number of rotatable bonds is 6. The van der Waals surface area contributed by atoms with Crippen LogP contribution in [0.4, 0.5) is 5.69 Å². The fourth-order valence-corrected chi connectivity index (χ4v) is 2.71. The maximum absolute atomic E-state index is 12.4. The van der Waals surface area contributed by atoms with Crippen LogP contribution in [0.5, 0.6) is 5.75 Å². The largest absolute Gasteiger partial charge is 0.508 e. The van der Waals surface area contributed by atoms with Gasteiger partial charge in [0.05, 0.1) is 5.69 Å². The van der Waals surface area contributed by atoms with Gasteiger partial charge >= 0.3 is 0 Å². The summed E-state index contributed by atoms with van der Waals surface area (Å²) in [7, 11) is 0. The van der Waals surface area contributed by atoms with Crippen LogP contribution in [0, 0.1) is 0 Å². The fraction of sp³-hybridized carbons (Fsp3) is 0.0909. The van der Waals surface area contributed by atoms with Crippen LogP contribution < -0.4 is 5.32 Å². The number of aryl methyl sites for hydroxylation is 2. The molecule has 0 heterocycles. The molecular formula is C22H19NO3.